The normalized spacial score (nSPS) is 13.2. The zero-order valence-corrected chi connectivity index (χ0v) is 16.7. The molecule has 31 heavy (non-hydrogen) atoms. The van der Waals surface area contributed by atoms with Crippen molar-refractivity contribution in [2.75, 3.05) is 5.32 Å². The monoisotopic (exact) mass is 415 g/mol. The van der Waals surface area contributed by atoms with E-state index in [2.05, 4.69) is 15.4 Å². The molecule has 1 aromatic carbocycles. The number of pyridine rings is 1. The van der Waals surface area contributed by atoms with Crippen LogP contribution in [0, 0.1) is 6.92 Å². The zero-order chi connectivity index (χ0) is 21.7. The Balaban J connectivity index is 1.40. The van der Waals surface area contributed by atoms with E-state index in [0.29, 0.717) is 17.1 Å². The fourth-order valence-electron chi connectivity index (χ4n) is 3.71. The number of hydrogen-bond acceptors (Lipinski definition) is 6. The summed E-state index contributed by atoms with van der Waals surface area (Å²) in [5.41, 5.74) is 2.76. The van der Waals surface area contributed by atoms with Crippen LogP contribution >= 0.6 is 0 Å². The number of carbonyl (C=O) groups excluding carboxylic acids is 3. The first-order chi connectivity index (χ1) is 14.9. The second-order valence-corrected chi connectivity index (χ2v) is 7.29. The van der Waals surface area contributed by atoms with Crippen LogP contribution in [0.5, 0.6) is 0 Å². The van der Waals surface area contributed by atoms with Crippen LogP contribution in [0.3, 0.4) is 0 Å². The van der Waals surface area contributed by atoms with Crippen molar-refractivity contribution in [2.45, 2.75) is 13.5 Å². The average molecular weight is 415 g/mol. The highest BCUT2D eigenvalue weighted by Crippen LogP contribution is 2.26. The predicted octanol–water partition coefficient (Wildman–Crippen LogP) is 2.92. The first kappa shape index (κ1) is 18.7. The van der Waals surface area contributed by atoms with E-state index in [9.17, 15) is 14.4 Å². The summed E-state index contributed by atoms with van der Waals surface area (Å²) < 4.78 is 6.91. The number of anilines is 1. The van der Waals surface area contributed by atoms with Gasteiger partial charge < -0.3 is 9.73 Å². The molecule has 1 aliphatic heterocycles. The molecule has 0 unspecified atom stereocenters. The largest absolute Gasteiger partial charge is 0.467 e. The number of imide groups is 1. The fourth-order valence-corrected chi connectivity index (χ4v) is 3.71. The van der Waals surface area contributed by atoms with Crippen molar-refractivity contribution in [3.63, 3.8) is 0 Å². The van der Waals surface area contributed by atoms with Crippen LogP contribution in [0.2, 0.25) is 0 Å². The van der Waals surface area contributed by atoms with Gasteiger partial charge in [0.05, 0.1) is 41.5 Å². The fraction of sp³-hybridized carbons (Fsp3) is 0.136. The molecule has 5 rings (SSSR count). The average Bonchev–Trinajstić information content (AvgIpc) is 3.43. The number of benzene rings is 1. The van der Waals surface area contributed by atoms with E-state index >= 15 is 0 Å². The van der Waals surface area contributed by atoms with Crippen LogP contribution in [0.1, 0.15) is 42.5 Å². The van der Waals surface area contributed by atoms with E-state index in [1.54, 1.807) is 36.1 Å². The number of hydrogen-bond donors (Lipinski definition) is 1. The summed E-state index contributed by atoms with van der Waals surface area (Å²) in [6.45, 7) is 1.91. The van der Waals surface area contributed by atoms with Crippen molar-refractivity contribution in [3.05, 3.63) is 77.0 Å². The first-order valence-electron chi connectivity index (χ1n) is 9.55. The van der Waals surface area contributed by atoms with Crippen LogP contribution < -0.4 is 5.32 Å². The van der Waals surface area contributed by atoms with Gasteiger partial charge in [-0.2, -0.15) is 5.10 Å². The minimum Gasteiger partial charge on any atom is -0.467 e. The second-order valence-electron chi connectivity index (χ2n) is 7.29. The summed E-state index contributed by atoms with van der Waals surface area (Å²) in [7, 11) is 1.80. The summed E-state index contributed by atoms with van der Waals surface area (Å²) in [6, 6.07) is 9.65. The van der Waals surface area contributed by atoms with Crippen molar-refractivity contribution >= 4 is 34.4 Å². The van der Waals surface area contributed by atoms with Gasteiger partial charge in [-0.25, -0.2) is 4.98 Å². The molecule has 0 spiro atoms. The van der Waals surface area contributed by atoms with E-state index in [4.69, 9.17) is 4.42 Å². The number of amides is 3. The van der Waals surface area contributed by atoms with Crippen LogP contribution in [0.15, 0.2) is 53.3 Å². The van der Waals surface area contributed by atoms with Crippen molar-refractivity contribution < 1.29 is 18.8 Å². The molecule has 9 heteroatoms. The van der Waals surface area contributed by atoms with Gasteiger partial charge in [0.25, 0.3) is 17.7 Å². The van der Waals surface area contributed by atoms with Gasteiger partial charge in [0.15, 0.2) is 5.65 Å². The maximum atomic E-state index is 12.8. The molecular formula is C22H17N5O4. The van der Waals surface area contributed by atoms with Gasteiger partial charge in [-0.3, -0.25) is 24.0 Å². The highest BCUT2D eigenvalue weighted by Gasteiger charge is 2.36. The molecule has 154 valence electrons. The molecule has 4 heterocycles. The third kappa shape index (κ3) is 3.07. The van der Waals surface area contributed by atoms with Gasteiger partial charge in [0.1, 0.15) is 5.76 Å². The van der Waals surface area contributed by atoms with Gasteiger partial charge in [0, 0.05) is 18.0 Å². The van der Waals surface area contributed by atoms with Crippen molar-refractivity contribution in [2.24, 2.45) is 7.05 Å². The molecule has 0 fully saturated rings. The van der Waals surface area contributed by atoms with E-state index in [1.165, 1.54) is 24.5 Å². The number of aromatic nitrogens is 3. The third-order valence-electron chi connectivity index (χ3n) is 5.25. The number of aryl methyl sites for hydroxylation is 2. The molecule has 0 saturated carbocycles. The Hall–Kier alpha value is -4.27. The maximum Gasteiger partial charge on any atom is 0.261 e. The number of rotatable bonds is 4. The van der Waals surface area contributed by atoms with Crippen molar-refractivity contribution in [1.82, 2.24) is 19.7 Å². The summed E-state index contributed by atoms with van der Waals surface area (Å²) in [5, 5.41) is 7.94. The molecule has 3 aromatic heterocycles. The van der Waals surface area contributed by atoms with Crippen LogP contribution in [0.25, 0.3) is 11.0 Å². The Morgan fingerprint density at radius 2 is 1.94 bits per heavy atom. The molecule has 1 N–H and O–H groups in total. The summed E-state index contributed by atoms with van der Waals surface area (Å²) in [6.07, 6.45) is 3.03. The molecule has 4 aromatic rings. The Labute approximate surface area is 176 Å². The lowest BCUT2D eigenvalue weighted by molar-refractivity contribution is 0.0631. The lowest BCUT2D eigenvalue weighted by atomic mass is 10.1. The zero-order valence-electron chi connectivity index (χ0n) is 16.7. The summed E-state index contributed by atoms with van der Waals surface area (Å²) in [5.74, 6) is -0.776. The van der Waals surface area contributed by atoms with Crippen LogP contribution in [0.4, 0.5) is 5.69 Å². The minimum absolute atomic E-state index is 0.0387. The molecule has 0 saturated heterocycles. The standard InChI is InChI=1S/C22H17N5O4/c1-12-17-9-14(10-23-19(17)26(2)25-12)24-20(28)13-5-6-16-18(8-13)22(30)27(21(16)29)11-15-4-3-7-31-15/h3-10H,11H2,1-2H3,(H,24,28). The minimum atomic E-state index is -0.458. The third-order valence-corrected chi connectivity index (χ3v) is 5.25. The predicted molar refractivity (Wildman–Crippen MR) is 111 cm³/mol. The lowest BCUT2D eigenvalue weighted by Gasteiger charge is -2.11. The highest BCUT2D eigenvalue weighted by atomic mass is 16.3. The van der Waals surface area contributed by atoms with Gasteiger partial charge in [0.2, 0.25) is 0 Å². The lowest BCUT2D eigenvalue weighted by Crippen LogP contribution is -2.28. The molecule has 0 aliphatic carbocycles. The number of nitrogens with zero attached hydrogens (tertiary/aromatic N) is 4. The van der Waals surface area contributed by atoms with Gasteiger partial charge in [-0.05, 0) is 43.3 Å². The number of furan rings is 1. The number of carbonyl (C=O) groups is 3. The Morgan fingerprint density at radius 3 is 2.71 bits per heavy atom. The molecular weight excluding hydrogens is 398 g/mol. The summed E-state index contributed by atoms with van der Waals surface area (Å²) >= 11 is 0. The van der Waals surface area contributed by atoms with Crippen LogP contribution in [-0.4, -0.2) is 37.4 Å². The molecule has 9 nitrogen and oxygen atoms in total. The van der Waals surface area contributed by atoms with Gasteiger partial charge in [-0.1, -0.05) is 0 Å². The molecule has 0 atom stereocenters. The molecule has 0 radical (unpaired) electrons. The Bertz CT molecular complexity index is 1370. The van der Waals surface area contributed by atoms with Crippen molar-refractivity contribution in [1.29, 1.82) is 0 Å². The molecule has 1 aliphatic rings. The molecule has 0 bridgehead atoms. The van der Waals surface area contributed by atoms with E-state index < -0.39 is 17.7 Å². The number of nitrogens with one attached hydrogen (secondary N) is 1. The first-order valence-corrected chi connectivity index (χ1v) is 9.55. The quantitative estimate of drug-likeness (QED) is 0.513. The smallest absolute Gasteiger partial charge is 0.261 e. The topological polar surface area (TPSA) is 110 Å². The second kappa shape index (κ2) is 6.91. The van der Waals surface area contributed by atoms with E-state index in [1.807, 2.05) is 6.92 Å². The van der Waals surface area contributed by atoms with Gasteiger partial charge >= 0.3 is 0 Å². The highest BCUT2D eigenvalue weighted by molar-refractivity contribution is 6.22. The van der Waals surface area contributed by atoms with Crippen LogP contribution in [-0.2, 0) is 13.6 Å². The van der Waals surface area contributed by atoms with E-state index in [-0.39, 0.29) is 23.2 Å². The Morgan fingerprint density at radius 1 is 1.13 bits per heavy atom. The maximum absolute atomic E-state index is 12.8. The van der Waals surface area contributed by atoms with E-state index in [0.717, 1.165) is 16.0 Å². The SMILES string of the molecule is Cc1nn(C)c2ncc(NC(=O)c3ccc4c(c3)C(=O)N(Cc3ccco3)C4=O)cc12. The van der Waals surface area contributed by atoms with Crippen molar-refractivity contribution in [3.8, 4) is 0 Å². The molecule has 3 amide bonds. The Kier molecular flexibility index (Phi) is 4.18. The number of fused-ring (bicyclic) bond motifs is 2. The summed E-state index contributed by atoms with van der Waals surface area (Å²) in [4.78, 5) is 43.6. The van der Waals surface area contributed by atoms with Gasteiger partial charge in [-0.15, -0.1) is 0 Å².